The Labute approximate surface area is 165 Å². The lowest BCUT2D eigenvalue weighted by Crippen LogP contribution is -2.47. The topological polar surface area (TPSA) is 90.5 Å². The van der Waals surface area contributed by atoms with Crippen molar-refractivity contribution < 1.29 is 14.4 Å². The van der Waals surface area contributed by atoms with Crippen molar-refractivity contribution >= 4 is 52.0 Å². The molecule has 142 valence electrons. The summed E-state index contributed by atoms with van der Waals surface area (Å²) in [4.78, 5) is 37.3. The van der Waals surface area contributed by atoms with E-state index in [1.54, 1.807) is 29.6 Å². The summed E-state index contributed by atoms with van der Waals surface area (Å²) in [6.07, 6.45) is 0.154. The molecule has 0 aliphatic carbocycles. The molecule has 1 fully saturated rings. The molecule has 27 heavy (non-hydrogen) atoms. The molecular formula is C18H19ClN4O3S. The highest BCUT2D eigenvalue weighted by molar-refractivity contribution is 7.08. The van der Waals surface area contributed by atoms with Crippen molar-refractivity contribution in [3.05, 3.63) is 45.6 Å². The molecule has 1 aromatic carbocycles. The summed E-state index contributed by atoms with van der Waals surface area (Å²) < 4.78 is 0. The van der Waals surface area contributed by atoms with Crippen LogP contribution in [0.3, 0.4) is 0 Å². The smallest absolute Gasteiger partial charge is 0.252 e. The summed E-state index contributed by atoms with van der Waals surface area (Å²) in [6, 6.07) is 6.92. The van der Waals surface area contributed by atoms with Crippen LogP contribution in [0.15, 0.2) is 35.0 Å². The molecule has 3 rings (SSSR count). The van der Waals surface area contributed by atoms with Gasteiger partial charge in [-0.3, -0.25) is 14.4 Å². The number of hydrogen-bond donors (Lipinski definition) is 3. The number of nitrogens with zero attached hydrogens (tertiary/aromatic N) is 1. The van der Waals surface area contributed by atoms with Crippen molar-refractivity contribution in [2.45, 2.75) is 6.42 Å². The SMILES string of the molecule is O=C1CN(c2ccc(NC(=O)CCNC(=O)c3ccsc3)cc2Cl)CCN1. The van der Waals surface area contributed by atoms with Gasteiger partial charge in [0.05, 0.1) is 17.3 Å². The number of amides is 3. The van der Waals surface area contributed by atoms with E-state index in [4.69, 9.17) is 11.6 Å². The number of halogens is 1. The molecule has 0 unspecified atom stereocenters. The van der Waals surface area contributed by atoms with E-state index < -0.39 is 0 Å². The van der Waals surface area contributed by atoms with E-state index in [1.165, 1.54) is 11.3 Å². The van der Waals surface area contributed by atoms with E-state index >= 15 is 0 Å². The Hall–Kier alpha value is -2.58. The number of nitrogens with one attached hydrogen (secondary N) is 3. The second-order valence-corrected chi connectivity index (χ2v) is 7.19. The normalized spacial score (nSPS) is 13.8. The molecule has 1 aromatic heterocycles. The largest absolute Gasteiger partial charge is 0.359 e. The Morgan fingerprint density at radius 2 is 2.15 bits per heavy atom. The van der Waals surface area contributed by atoms with E-state index in [2.05, 4.69) is 16.0 Å². The zero-order chi connectivity index (χ0) is 19.2. The maximum Gasteiger partial charge on any atom is 0.252 e. The highest BCUT2D eigenvalue weighted by Crippen LogP contribution is 2.29. The molecule has 1 saturated heterocycles. The summed E-state index contributed by atoms with van der Waals surface area (Å²) in [7, 11) is 0. The molecule has 3 amide bonds. The van der Waals surface area contributed by atoms with Gasteiger partial charge >= 0.3 is 0 Å². The van der Waals surface area contributed by atoms with Crippen LogP contribution < -0.4 is 20.9 Å². The van der Waals surface area contributed by atoms with Crippen LogP contribution >= 0.6 is 22.9 Å². The molecule has 0 saturated carbocycles. The van der Waals surface area contributed by atoms with Crippen LogP contribution in [0.2, 0.25) is 5.02 Å². The minimum atomic E-state index is -0.221. The minimum absolute atomic E-state index is 0.0424. The average molecular weight is 407 g/mol. The molecule has 2 heterocycles. The lowest BCUT2D eigenvalue weighted by atomic mass is 10.2. The van der Waals surface area contributed by atoms with Crippen molar-refractivity contribution in [3.8, 4) is 0 Å². The molecule has 1 aliphatic heterocycles. The first-order valence-corrected chi connectivity index (χ1v) is 9.76. The van der Waals surface area contributed by atoms with Crippen LogP contribution in [0.5, 0.6) is 0 Å². The number of thiophene rings is 1. The quantitative estimate of drug-likeness (QED) is 0.685. The number of benzene rings is 1. The van der Waals surface area contributed by atoms with Gasteiger partial charge in [-0.2, -0.15) is 11.3 Å². The Kier molecular flexibility index (Phi) is 6.31. The van der Waals surface area contributed by atoms with Crippen molar-refractivity contribution in [1.82, 2.24) is 10.6 Å². The molecule has 2 aromatic rings. The predicted octanol–water partition coefficient (Wildman–Crippen LogP) is 2.10. The molecule has 9 heteroatoms. The zero-order valence-electron chi connectivity index (χ0n) is 14.5. The number of piperazine rings is 1. The molecule has 0 bridgehead atoms. The van der Waals surface area contributed by atoms with E-state index in [0.29, 0.717) is 29.4 Å². The van der Waals surface area contributed by atoms with E-state index in [0.717, 1.165) is 5.69 Å². The average Bonchev–Trinajstić information content (AvgIpc) is 3.16. The van der Waals surface area contributed by atoms with Gasteiger partial charge in [0.2, 0.25) is 11.8 Å². The molecule has 1 aliphatic rings. The summed E-state index contributed by atoms with van der Waals surface area (Å²) in [6.45, 7) is 1.76. The molecular weight excluding hydrogens is 388 g/mol. The van der Waals surface area contributed by atoms with Gasteiger partial charge in [-0.25, -0.2) is 0 Å². The third-order valence-electron chi connectivity index (χ3n) is 4.03. The van der Waals surface area contributed by atoms with Crippen molar-refractivity contribution in [2.75, 3.05) is 36.4 Å². The number of rotatable bonds is 6. The Balaban J connectivity index is 1.50. The summed E-state index contributed by atoms with van der Waals surface area (Å²) in [5, 5.41) is 12.3. The predicted molar refractivity (Wildman–Crippen MR) is 107 cm³/mol. The van der Waals surface area contributed by atoms with Crippen molar-refractivity contribution in [1.29, 1.82) is 0 Å². The first-order valence-electron chi connectivity index (χ1n) is 8.44. The van der Waals surface area contributed by atoms with Crippen LogP contribution in [0, 0.1) is 0 Å². The van der Waals surface area contributed by atoms with Gasteiger partial charge in [0.15, 0.2) is 0 Å². The Morgan fingerprint density at radius 1 is 1.30 bits per heavy atom. The maximum atomic E-state index is 12.1. The summed E-state index contributed by atoms with van der Waals surface area (Å²) >= 11 is 7.76. The number of hydrogen-bond acceptors (Lipinski definition) is 5. The number of carbonyl (C=O) groups is 3. The fourth-order valence-electron chi connectivity index (χ4n) is 2.69. The van der Waals surface area contributed by atoms with Crippen LogP contribution in [-0.4, -0.2) is 43.9 Å². The van der Waals surface area contributed by atoms with Gasteiger partial charge in [-0.1, -0.05) is 11.6 Å². The van der Waals surface area contributed by atoms with E-state index in [9.17, 15) is 14.4 Å². The van der Waals surface area contributed by atoms with Crippen LogP contribution in [0.4, 0.5) is 11.4 Å². The third-order valence-corrected chi connectivity index (χ3v) is 5.02. The maximum absolute atomic E-state index is 12.1. The highest BCUT2D eigenvalue weighted by Gasteiger charge is 2.19. The lowest BCUT2D eigenvalue weighted by Gasteiger charge is -2.29. The van der Waals surface area contributed by atoms with Crippen LogP contribution in [0.1, 0.15) is 16.8 Å². The van der Waals surface area contributed by atoms with Gasteiger partial charge in [0, 0.05) is 42.7 Å². The third kappa shape index (κ3) is 5.21. The summed E-state index contributed by atoms with van der Waals surface area (Å²) in [5.74, 6) is -0.456. The van der Waals surface area contributed by atoms with E-state index in [1.807, 2.05) is 10.3 Å². The molecule has 3 N–H and O–H groups in total. The zero-order valence-corrected chi connectivity index (χ0v) is 16.0. The lowest BCUT2D eigenvalue weighted by molar-refractivity contribution is -0.120. The molecule has 0 radical (unpaired) electrons. The number of carbonyl (C=O) groups excluding carboxylic acids is 3. The van der Waals surface area contributed by atoms with Crippen LogP contribution in [0.25, 0.3) is 0 Å². The minimum Gasteiger partial charge on any atom is -0.359 e. The first kappa shape index (κ1) is 19.2. The molecule has 0 atom stereocenters. The molecule has 0 spiro atoms. The fourth-order valence-corrected chi connectivity index (χ4v) is 3.63. The van der Waals surface area contributed by atoms with Gasteiger partial charge in [-0.05, 0) is 29.6 Å². The number of anilines is 2. The van der Waals surface area contributed by atoms with Gasteiger partial charge < -0.3 is 20.9 Å². The highest BCUT2D eigenvalue weighted by atomic mass is 35.5. The standard InChI is InChI=1S/C18H19ClN4O3S/c19-14-9-13(1-2-15(14)23-7-6-20-17(25)10-23)22-16(24)3-5-21-18(26)12-4-8-27-11-12/h1-2,4,8-9,11H,3,5-7,10H2,(H,20,25)(H,21,26)(H,22,24). The van der Waals surface area contributed by atoms with E-state index in [-0.39, 0.29) is 37.2 Å². The summed E-state index contributed by atoms with van der Waals surface area (Å²) in [5.41, 5.74) is 1.92. The Morgan fingerprint density at radius 3 is 2.85 bits per heavy atom. The monoisotopic (exact) mass is 406 g/mol. The second kappa shape index (κ2) is 8.88. The second-order valence-electron chi connectivity index (χ2n) is 6.00. The van der Waals surface area contributed by atoms with Crippen LogP contribution in [-0.2, 0) is 9.59 Å². The Bertz CT molecular complexity index is 841. The van der Waals surface area contributed by atoms with Crippen molar-refractivity contribution in [2.24, 2.45) is 0 Å². The van der Waals surface area contributed by atoms with Gasteiger partial charge in [0.1, 0.15) is 0 Å². The first-order chi connectivity index (χ1) is 13.0. The van der Waals surface area contributed by atoms with Gasteiger partial charge in [-0.15, -0.1) is 0 Å². The van der Waals surface area contributed by atoms with Gasteiger partial charge in [0.25, 0.3) is 5.91 Å². The molecule has 7 nitrogen and oxygen atoms in total. The fraction of sp³-hybridized carbons (Fsp3) is 0.278. The van der Waals surface area contributed by atoms with Crippen molar-refractivity contribution in [3.63, 3.8) is 0 Å².